The molecule has 19 heavy (non-hydrogen) atoms. The van der Waals surface area contributed by atoms with Gasteiger partial charge in [0.05, 0.1) is 11.9 Å². The van der Waals surface area contributed by atoms with Crippen molar-refractivity contribution in [3.8, 4) is 0 Å². The van der Waals surface area contributed by atoms with Crippen LogP contribution in [-0.2, 0) is 6.18 Å². The molecule has 2 rings (SSSR count). The summed E-state index contributed by atoms with van der Waals surface area (Å²) in [6.45, 7) is 0. The first-order chi connectivity index (χ1) is 8.99. The summed E-state index contributed by atoms with van der Waals surface area (Å²) < 4.78 is 37.4. The van der Waals surface area contributed by atoms with Gasteiger partial charge in [-0.1, -0.05) is 0 Å². The highest BCUT2D eigenvalue weighted by Gasteiger charge is 2.32. The summed E-state index contributed by atoms with van der Waals surface area (Å²) >= 11 is 0. The summed E-state index contributed by atoms with van der Waals surface area (Å²) in [5.74, 6) is 0.518. The Bertz CT molecular complexity index is 553. The van der Waals surface area contributed by atoms with E-state index in [0.717, 1.165) is 12.3 Å². The third kappa shape index (κ3) is 3.30. The third-order valence-corrected chi connectivity index (χ3v) is 2.22. The molecule has 0 saturated carbocycles. The predicted octanol–water partition coefficient (Wildman–Crippen LogP) is 2.68. The Balaban J connectivity index is 2.18. The number of alkyl halides is 3. The molecule has 2 N–H and O–H groups in total. The van der Waals surface area contributed by atoms with Gasteiger partial charge in [0, 0.05) is 13.2 Å². The zero-order valence-electron chi connectivity index (χ0n) is 9.86. The highest BCUT2D eigenvalue weighted by Crippen LogP contribution is 2.27. The minimum Gasteiger partial charge on any atom is -0.373 e. The van der Waals surface area contributed by atoms with E-state index in [1.807, 2.05) is 0 Å². The van der Waals surface area contributed by atoms with Crippen LogP contribution in [0.2, 0.25) is 0 Å². The van der Waals surface area contributed by atoms with Crippen molar-refractivity contribution < 1.29 is 13.2 Å². The van der Waals surface area contributed by atoms with Crippen LogP contribution in [0, 0.1) is 0 Å². The quantitative estimate of drug-likeness (QED) is 0.897. The molecule has 0 atom stereocenters. The monoisotopic (exact) mass is 269 g/mol. The van der Waals surface area contributed by atoms with Gasteiger partial charge in [-0.15, -0.1) is 0 Å². The van der Waals surface area contributed by atoms with E-state index >= 15 is 0 Å². The number of aromatic nitrogens is 3. The average Bonchev–Trinajstić information content (AvgIpc) is 2.39. The largest absolute Gasteiger partial charge is 0.433 e. The molecule has 0 fully saturated rings. The van der Waals surface area contributed by atoms with E-state index in [0.29, 0.717) is 11.5 Å². The molecule has 0 aliphatic rings. The normalized spacial score (nSPS) is 11.2. The zero-order chi connectivity index (χ0) is 13.9. The standard InChI is InChI=1S/C11H10F3N5/c1-15-9-3-2-7(6-17-9)18-10-16-5-4-8(19-10)11(12,13)14/h2-6H,1H3,(H,15,17)(H,16,18,19). The first kappa shape index (κ1) is 13.1. The molecule has 0 bridgehead atoms. The highest BCUT2D eigenvalue weighted by molar-refractivity contribution is 5.54. The number of anilines is 3. The summed E-state index contributed by atoms with van der Waals surface area (Å²) in [4.78, 5) is 11.1. The van der Waals surface area contributed by atoms with Crippen LogP contribution in [0.4, 0.5) is 30.6 Å². The second-order valence-electron chi connectivity index (χ2n) is 3.57. The van der Waals surface area contributed by atoms with Crippen molar-refractivity contribution in [3.05, 3.63) is 36.3 Å². The predicted molar refractivity (Wildman–Crippen MR) is 64.1 cm³/mol. The van der Waals surface area contributed by atoms with Crippen molar-refractivity contribution in [2.75, 3.05) is 17.7 Å². The fraction of sp³-hybridized carbons (Fsp3) is 0.182. The second kappa shape index (κ2) is 5.09. The minimum atomic E-state index is -4.49. The van der Waals surface area contributed by atoms with E-state index in [1.54, 1.807) is 19.2 Å². The van der Waals surface area contributed by atoms with Crippen molar-refractivity contribution in [3.63, 3.8) is 0 Å². The van der Waals surface area contributed by atoms with E-state index < -0.39 is 11.9 Å². The van der Waals surface area contributed by atoms with Gasteiger partial charge >= 0.3 is 6.18 Å². The smallest absolute Gasteiger partial charge is 0.373 e. The topological polar surface area (TPSA) is 62.7 Å². The Hall–Kier alpha value is -2.38. The van der Waals surface area contributed by atoms with E-state index in [-0.39, 0.29) is 5.95 Å². The molecule has 0 radical (unpaired) electrons. The van der Waals surface area contributed by atoms with Crippen LogP contribution in [0.5, 0.6) is 0 Å². The third-order valence-electron chi connectivity index (χ3n) is 2.22. The Labute approximate surface area is 106 Å². The maximum atomic E-state index is 12.5. The summed E-state index contributed by atoms with van der Waals surface area (Å²) in [6.07, 6.45) is -1.98. The molecule has 2 heterocycles. The van der Waals surface area contributed by atoms with Gasteiger partial charge in [-0.25, -0.2) is 15.0 Å². The van der Waals surface area contributed by atoms with Gasteiger partial charge in [-0.05, 0) is 18.2 Å². The number of hydrogen-bond donors (Lipinski definition) is 2. The van der Waals surface area contributed by atoms with Crippen LogP contribution in [0.15, 0.2) is 30.6 Å². The van der Waals surface area contributed by atoms with Crippen molar-refractivity contribution in [2.45, 2.75) is 6.18 Å². The van der Waals surface area contributed by atoms with Crippen molar-refractivity contribution in [2.24, 2.45) is 0 Å². The van der Waals surface area contributed by atoms with E-state index in [9.17, 15) is 13.2 Å². The molecular weight excluding hydrogens is 259 g/mol. The van der Waals surface area contributed by atoms with Crippen LogP contribution in [0.3, 0.4) is 0 Å². The number of rotatable bonds is 3. The maximum Gasteiger partial charge on any atom is 0.433 e. The average molecular weight is 269 g/mol. The summed E-state index contributed by atoms with van der Waals surface area (Å²) in [6, 6.07) is 4.14. The van der Waals surface area contributed by atoms with Gasteiger partial charge < -0.3 is 10.6 Å². The Morgan fingerprint density at radius 3 is 2.47 bits per heavy atom. The molecule has 0 aliphatic heterocycles. The highest BCUT2D eigenvalue weighted by atomic mass is 19.4. The van der Waals surface area contributed by atoms with Crippen LogP contribution >= 0.6 is 0 Å². The lowest BCUT2D eigenvalue weighted by Gasteiger charge is -2.08. The first-order valence-corrected chi connectivity index (χ1v) is 5.30. The fourth-order valence-electron chi connectivity index (χ4n) is 1.32. The Kier molecular flexibility index (Phi) is 3.50. The van der Waals surface area contributed by atoms with E-state index in [1.165, 1.54) is 6.20 Å². The molecule has 0 spiro atoms. The molecule has 0 aromatic carbocycles. The summed E-state index contributed by atoms with van der Waals surface area (Å²) in [5.41, 5.74) is -0.497. The van der Waals surface area contributed by atoms with Gasteiger partial charge in [0.25, 0.3) is 0 Å². The molecule has 0 aliphatic carbocycles. The number of halogens is 3. The van der Waals surface area contributed by atoms with Crippen LogP contribution in [0.25, 0.3) is 0 Å². The molecule has 8 heteroatoms. The molecule has 2 aromatic heterocycles. The summed E-state index contributed by atoms with van der Waals surface area (Å²) in [7, 11) is 1.71. The van der Waals surface area contributed by atoms with Gasteiger partial charge in [0.15, 0.2) is 0 Å². The van der Waals surface area contributed by atoms with Crippen molar-refractivity contribution in [1.82, 2.24) is 15.0 Å². The fourth-order valence-corrected chi connectivity index (χ4v) is 1.32. The molecule has 0 saturated heterocycles. The van der Waals surface area contributed by atoms with E-state index in [4.69, 9.17) is 0 Å². The SMILES string of the molecule is CNc1ccc(Nc2nccc(C(F)(F)F)n2)cn1. The lowest BCUT2D eigenvalue weighted by molar-refractivity contribution is -0.141. The molecule has 2 aromatic rings. The molecule has 100 valence electrons. The Morgan fingerprint density at radius 2 is 1.89 bits per heavy atom. The van der Waals surface area contributed by atoms with Gasteiger partial charge in [0.1, 0.15) is 11.5 Å². The summed E-state index contributed by atoms with van der Waals surface area (Å²) in [5, 5.41) is 5.48. The van der Waals surface area contributed by atoms with Crippen molar-refractivity contribution >= 4 is 17.5 Å². The minimum absolute atomic E-state index is 0.131. The number of nitrogens with one attached hydrogen (secondary N) is 2. The lowest BCUT2D eigenvalue weighted by Crippen LogP contribution is -2.10. The number of hydrogen-bond acceptors (Lipinski definition) is 5. The second-order valence-corrected chi connectivity index (χ2v) is 3.57. The maximum absolute atomic E-state index is 12.5. The van der Waals surface area contributed by atoms with Crippen molar-refractivity contribution in [1.29, 1.82) is 0 Å². The van der Waals surface area contributed by atoms with Crippen LogP contribution < -0.4 is 10.6 Å². The van der Waals surface area contributed by atoms with Gasteiger partial charge in [-0.2, -0.15) is 13.2 Å². The number of nitrogens with zero attached hydrogens (tertiary/aromatic N) is 3. The van der Waals surface area contributed by atoms with Crippen LogP contribution in [-0.4, -0.2) is 22.0 Å². The first-order valence-electron chi connectivity index (χ1n) is 5.30. The van der Waals surface area contributed by atoms with E-state index in [2.05, 4.69) is 25.6 Å². The molecular formula is C11H10F3N5. The van der Waals surface area contributed by atoms with Gasteiger partial charge in [0.2, 0.25) is 5.95 Å². The molecule has 0 unspecified atom stereocenters. The lowest BCUT2D eigenvalue weighted by atomic mass is 10.4. The molecule has 5 nitrogen and oxygen atoms in total. The zero-order valence-corrected chi connectivity index (χ0v) is 9.86. The Morgan fingerprint density at radius 1 is 1.11 bits per heavy atom. The molecule has 0 amide bonds. The van der Waals surface area contributed by atoms with Gasteiger partial charge in [-0.3, -0.25) is 0 Å². The van der Waals surface area contributed by atoms with Crippen LogP contribution in [0.1, 0.15) is 5.69 Å². The number of pyridine rings is 1.